The number of aromatic nitrogens is 1. The minimum Gasteiger partial charge on any atom is -0.494 e. The van der Waals surface area contributed by atoms with Crippen LogP contribution < -0.4 is 0 Å². The first kappa shape index (κ1) is 15.1. The molecule has 2 N–H and O–H groups in total. The molecule has 5 rings (SSSR count). The van der Waals surface area contributed by atoms with Crippen LogP contribution in [0.3, 0.4) is 0 Å². The van der Waals surface area contributed by atoms with E-state index in [1.54, 1.807) is 12.1 Å². The van der Waals surface area contributed by atoms with E-state index in [2.05, 4.69) is 6.07 Å². The van der Waals surface area contributed by atoms with Gasteiger partial charge in [0.15, 0.2) is 0 Å². The summed E-state index contributed by atoms with van der Waals surface area (Å²) in [4.78, 5) is 0. The first-order valence-corrected chi connectivity index (χ1v) is 8.40. The van der Waals surface area contributed by atoms with Gasteiger partial charge in [-0.25, -0.2) is 0 Å². The summed E-state index contributed by atoms with van der Waals surface area (Å²) in [5.41, 5.74) is 0.822. The van der Waals surface area contributed by atoms with Gasteiger partial charge in [0.1, 0.15) is 11.2 Å². The van der Waals surface area contributed by atoms with Crippen LogP contribution in [0.15, 0.2) is 48.6 Å². The second-order valence-electron chi connectivity index (χ2n) is 7.17. The van der Waals surface area contributed by atoms with Gasteiger partial charge in [0, 0.05) is 10.8 Å². The van der Waals surface area contributed by atoms with Gasteiger partial charge in [-0.15, -0.1) is 0 Å². The molecule has 128 valence electrons. The lowest BCUT2D eigenvalue weighted by Crippen LogP contribution is -2.19. The number of hydrogen-bond donors (Lipinski definition) is 2. The topological polar surface area (TPSA) is 78.4 Å². The van der Waals surface area contributed by atoms with Crippen LogP contribution in [-0.2, 0) is 15.9 Å². The molecular formula is C21H16N2O3. The fourth-order valence-corrected chi connectivity index (χ4v) is 4.39. The molecule has 0 fully saturated rings. The van der Waals surface area contributed by atoms with Crippen molar-refractivity contribution >= 4 is 10.8 Å². The van der Waals surface area contributed by atoms with E-state index in [9.17, 15) is 15.5 Å². The second kappa shape index (κ2) is 4.48. The molecule has 3 aromatic rings. The predicted molar refractivity (Wildman–Crippen MR) is 96.2 cm³/mol. The average Bonchev–Trinajstić information content (AvgIpc) is 3.18. The lowest BCUT2D eigenvalue weighted by molar-refractivity contribution is -0.0517. The third kappa shape index (κ3) is 1.58. The number of nitrogens with zero attached hydrogens (tertiary/aromatic N) is 2. The van der Waals surface area contributed by atoms with Crippen LogP contribution in [0.5, 0.6) is 11.8 Å². The first-order valence-electron chi connectivity index (χ1n) is 8.40. The Morgan fingerprint density at radius 2 is 1.50 bits per heavy atom. The second-order valence-corrected chi connectivity index (χ2v) is 7.17. The van der Waals surface area contributed by atoms with E-state index < -0.39 is 11.2 Å². The molecule has 0 aliphatic carbocycles. The number of nitriles is 1. The van der Waals surface area contributed by atoms with E-state index in [0.717, 1.165) is 10.8 Å². The Kier molecular flexibility index (Phi) is 2.60. The van der Waals surface area contributed by atoms with Crippen molar-refractivity contribution in [1.29, 1.82) is 5.26 Å². The van der Waals surface area contributed by atoms with Gasteiger partial charge in [-0.2, -0.15) is 5.26 Å². The molecule has 26 heavy (non-hydrogen) atoms. The minimum absolute atomic E-state index is 0.0389. The smallest absolute Gasteiger partial charge is 0.205 e. The summed E-state index contributed by atoms with van der Waals surface area (Å²) < 4.78 is 7.49. The molecule has 2 bridgehead atoms. The Hall–Kier alpha value is -3.23. The summed E-state index contributed by atoms with van der Waals surface area (Å²) >= 11 is 0. The molecule has 2 atom stereocenters. The summed E-state index contributed by atoms with van der Waals surface area (Å²) in [7, 11) is 0. The normalized spacial score (nSPS) is 25.6. The fraction of sp³-hybridized carbons (Fsp3) is 0.190. The van der Waals surface area contributed by atoms with E-state index in [-0.39, 0.29) is 11.8 Å². The maximum atomic E-state index is 11.0. The van der Waals surface area contributed by atoms with Gasteiger partial charge in [-0.3, -0.25) is 4.57 Å². The summed E-state index contributed by atoms with van der Waals surface area (Å²) in [6.07, 6.45) is 3.82. The maximum absolute atomic E-state index is 11.0. The fourth-order valence-electron chi connectivity index (χ4n) is 4.39. The van der Waals surface area contributed by atoms with Gasteiger partial charge >= 0.3 is 0 Å². The third-order valence-corrected chi connectivity index (χ3v) is 5.52. The van der Waals surface area contributed by atoms with Crippen LogP contribution in [0.4, 0.5) is 0 Å². The lowest BCUT2D eigenvalue weighted by atomic mass is 9.86. The SMILES string of the molecule is C[C@]12C=C[C@](C)(O1)c1c2c(O)n(-c2ccc(C#N)c3ccccc23)c1O. The van der Waals surface area contributed by atoms with Crippen molar-refractivity contribution in [3.63, 3.8) is 0 Å². The molecule has 2 aliphatic heterocycles. The molecule has 3 heterocycles. The highest BCUT2D eigenvalue weighted by atomic mass is 16.5. The Morgan fingerprint density at radius 1 is 0.923 bits per heavy atom. The van der Waals surface area contributed by atoms with Crippen LogP contribution in [0.25, 0.3) is 16.5 Å². The Balaban J connectivity index is 1.87. The predicted octanol–water partition coefficient (Wildman–Crippen LogP) is 3.94. The quantitative estimate of drug-likeness (QED) is 0.655. The number of benzene rings is 2. The molecular weight excluding hydrogens is 328 g/mol. The van der Waals surface area contributed by atoms with Gasteiger partial charge in [0.05, 0.1) is 28.4 Å². The zero-order chi connectivity index (χ0) is 18.3. The van der Waals surface area contributed by atoms with Gasteiger partial charge in [-0.05, 0) is 38.1 Å². The van der Waals surface area contributed by atoms with Crippen molar-refractivity contribution in [2.75, 3.05) is 0 Å². The van der Waals surface area contributed by atoms with E-state index in [1.807, 2.05) is 50.3 Å². The molecule has 1 aromatic heterocycles. The molecule has 0 saturated heterocycles. The Bertz CT molecular complexity index is 1140. The van der Waals surface area contributed by atoms with Crippen LogP contribution in [-0.4, -0.2) is 14.8 Å². The lowest BCUT2D eigenvalue weighted by Gasteiger charge is -2.21. The van der Waals surface area contributed by atoms with Gasteiger partial charge in [-0.1, -0.05) is 24.3 Å². The largest absolute Gasteiger partial charge is 0.494 e. The molecule has 2 aromatic carbocycles. The molecule has 0 amide bonds. The van der Waals surface area contributed by atoms with Crippen molar-refractivity contribution < 1.29 is 14.9 Å². The summed E-state index contributed by atoms with van der Waals surface area (Å²) in [6.45, 7) is 3.75. The highest BCUT2D eigenvalue weighted by Crippen LogP contribution is 2.61. The van der Waals surface area contributed by atoms with Crippen molar-refractivity contribution in [1.82, 2.24) is 4.57 Å². The Labute approximate surface area is 150 Å². The number of rotatable bonds is 1. The highest BCUT2D eigenvalue weighted by molar-refractivity contribution is 5.95. The summed E-state index contributed by atoms with van der Waals surface area (Å²) in [5, 5.41) is 32.9. The van der Waals surface area contributed by atoms with E-state index in [1.165, 1.54) is 4.57 Å². The molecule has 0 unspecified atom stereocenters. The third-order valence-electron chi connectivity index (χ3n) is 5.52. The van der Waals surface area contributed by atoms with Gasteiger partial charge in [0.2, 0.25) is 11.8 Å². The zero-order valence-electron chi connectivity index (χ0n) is 14.3. The monoisotopic (exact) mass is 344 g/mol. The first-order chi connectivity index (χ1) is 12.4. The van der Waals surface area contributed by atoms with E-state index >= 15 is 0 Å². The highest BCUT2D eigenvalue weighted by Gasteiger charge is 2.56. The van der Waals surface area contributed by atoms with Gasteiger partial charge < -0.3 is 14.9 Å². The number of aromatic hydroxyl groups is 2. The number of fused-ring (bicyclic) bond motifs is 6. The van der Waals surface area contributed by atoms with Crippen molar-refractivity contribution in [3.8, 4) is 23.5 Å². The molecule has 5 heteroatoms. The number of ether oxygens (including phenoxy) is 1. The molecule has 0 saturated carbocycles. The zero-order valence-corrected chi connectivity index (χ0v) is 14.3. The molecule has 0 spiro atoms. The summed E-state index contributed by atoms with van der Waals surface area (Å²) in [5.74, 6) is -0.0779. The van der Waals surface area contributed by atoms with Crippen LogP contribution >= 0.6 is 0 Å². The van der Waals surface area contributed by atoms with E-state index in [4.69, 9.17) is 4.74 Å². The molecule has 2 aliphatic rings. The average molecular weight is 344 g/mol. The van der Waals surface area contributed by atoms with Crippen LogP contribution in [0, 0.1) is 11.3 Å². The van der Waals surface area contributed by atoms with E-state index in [0.29, 0.717) is 22.4 Å². The minimum atomic E-state index is -0.765. The molecule has 5 nitrogen and oxygen atoms in total. The van der Waals surface area contributed by atoms with Crippen molar-refractivity contribution in [3.05, 3.63) is 65.2 Å². The number of hydrogen-bond acceptors (Lipinski definition) is 4. The van der Waals surface area contributed by atoms with Crippen molar-refractivity contribution in [2.24, 2.45) is 0 Å². The standard InChI is InChI=1S/C21H16N2O3/c1-20-9-10-21(2,26-20)17-16(20)18(24)23(19(17)25)15-8-7-12(11-22)13-5-3-4-6-14(13)15/h3-10,24-25H,1-2H3/t20-,21+. The van der Waals surface area contributed by atoms with Crippen LogP contribution in [0.2, 0.25) is 0 Å². The van der Waals surface area contributed by atoms with Crippen LogP contribution in [0.1, 0.15) is 30.5 Å². The summed E-state index contributed by atoms with van der Waals surface area (Å²) in [6, 6.07) is 13.1. The Morgan fingerprint density at radius 3 is 2.08 bits per heavy atom. The molecule has 0 radical (unpaired) electrons. The van der Waals surface area contributed by atoms with Crippen molar-refractivity contribution in [2.45, 2.75) is 25.0 Å². The van der Waals surface area contributed by atoms with Gasteiger partial charge in [0.25, 0.3) is 0 Å². The maximum Gasteiger partial charge on any atom is 0.205 e.